The van der Waals surface area contributed by atoms with Gasteiger partial charge in [-0.1, -0.05) is 12.8 Å². The molecule has 0 heterocycles. The molecule has 0 unspecified atom stereocenters. The van der Waals surface area contributed by atoms with Crippen molar-refractivity contribution in [2.75, 3.05) is 5.32 Å². The molecule has 0 aromatic heterocycles. The van der Waals surface area contributed by atoms with Gasteiger partial charge >= 0.3 is 6.18 Å². The predicted molar refractivity (Wildman–Crippen MR) is 65.0 cm³/mol. The van der Waals surface area contributed by atoms with Crippen molar-refractivity contribution in [3.63, 3.8) is 0 Å². The molecule has 0 amide bonds. The summed E-state index contributed by atoms with van der Waals surface area (Å²) in [5.74, 6) is 0. The summed E-state index contributed by atoms with van der Waals surface area (Å²) in [7, 11) is 0. The maximum absolute atomic E-state index is 12.6. The highest BCUT2D eigenvalue weighted by molar-refractivity contribution is 9.10. The lowest BCUT2D eigenvalue weighted by Gasteiger charge is -2.16. The van der Waals surface area contributed by atoms with Crippen molar-refractivity contribution < 1.29 is 13.2 Å². The van der Waals surface area contributed by atoms with E-state index in [0.717, 1.165) is 31.7 Å². The summed E-state index contributed by atoms with van der Waals surface area (Å²) in [6, 6.07) is 4.00. The molecule has 1 aliphatic carbocycles. The topological polar surface area (TPSA) is 12.0 Å². The minimum Gasteiger partial charge on any atom is -0.381 e. The van der Waals surface area contributed by atoms with Crippen LogP contribution in [0.25, 0.3) is 0 Å². The molecule has 0 saturated heterocycles. The summed E-state index contributed by atoms with van der Waals surface area (Å²) in [4.78, 5) is 0. The van der Waals surface area contributed by atoms with Gasteiger partial charge in [-0.25, -0.2) is 0 Å². The van der Waals surface area contributed by atoms with Crippen molar-refractivity contribution in [3.8, 4) is 0 Å². The van der Waals surface area contributed by atoms with Crippen molar-refractivity contribution in [2.24, 2.45) is 0 Å². The molecule has 1 saturated carbocycles. The highest BCUT2D eigenvalue weighted by Gasteiger charge is 2.31. The van der Waals surface area contributed by atoms with Crippen LogP contribution in [0.5, 0.6) is 0 Å². The Kier molecular flexibility index (Phi) is 3.66. The number of rotatable bonds is 2. The number of anilines is 1. The van der Waals surface area contributed by atoms with Crippen molar-refractivity contribution in [3.05, 3.63) is 28.2 Å². The highest BCUT2D eigenvalue weighted by Crippen LogP contribution is 2.35. The van der Waals surface area contributed by atoms with Crippen molar-refractivity contribution in [2.45, 2.75) is 37.9 Å². The van der Waals surface area contributed by atoms with E-state index < -0.39 is 11.7 Å². The third kappa shape index (κ3) is 3.15. The first-order valence-electron chi connectivity index (χ1n) is 5.60. The van der Waals surface area contributed by atoms with Gasteiger partial charge in [0.1, 0.15) is 0 Å². The van der Waals surface area contributed by atoms with Crippen LogP contribution >= 0.6 is 15.9 Å². The lowest BCUT2D eigenvalue weighted by molar-refractivity contribution is -0.137. The fourth-order valence-corrected chi connectivity index (χ4v) is 2.46. The average molecular weight is 308 g/mol. The van der Waals surface area contributed by atoms with Gasteiger partial charge in [0.2, 0.25) is 0 Å². The fourth-order valence-electron chi connectivity index (χ4n) is 2.10. The molecule has 1 aromatic carbocycles. The van der Waals surface area contributed by atoms with E-state index in [2.05, 4.69) is 21.2 Å². The van der Waals surface area contributed by atoms with Gasteiger partial charge in [-0.3, -0.25) is 0 Å². The largest absolute Gasteiger partial charge is 0.416 e. The van der Waals surface area contributed by atoms with Crippen LogP contribution in [0.2, 0.25) is 0 Å². The molecule has 2 rings (SSSR count). The smallest absolute Gasteiger partial charge is 0.381 e. The monoisotopic (exact) mass is 307 g/mol. The number of nitrogens with one attached hydrogen (secondary N) is 1. The summed E-state index contributed by atoms with van der Waals surface area (Å²) in [5.41, 5.74) is -0.0760. The van der Waals surface area contributed by atoms with Gasteiger partial charge in [-0.15, -0.1) is 0 Å². The highest BCUT2D eigenvalue weighted by atomic mass is 79.9. The van der Waals surface area contributed by atoms with Gasteiger partial charge in [0, 0.05) is 16.2 Å². The summed E-state index contributed by atoms with van der Waals surface area (Å²) in [5, 5.41) is 3.17. The van der Waals surface area contributed by atoms with E-state index in [1.807, 2.05) is 0 Å². The Morgan fingerprint density at radius 2 is 1.82 bits per heavy atom. The van der Waals surface area contributed by atoms with Crippen LogP contribution in [-0.2, 0) is 6.18 Å². The van der Waals surface area contributed by atoms with Crippen LogP contribution in [0.15, 0.2) is 22.7 Å². The molecule has 1 N–H and O–H groups in total. The fraction of sp³-hybridized carbons (Fsp3) is 0.500. The predicted octanol–water partition coefficient (Wildman–Crippen LogP) is 4.82. The van der Waals surface area contributed by atoms with Gasteiger partial charge in [0.05, 0.1) is 5.56 Å². The Hall–Kier alpha value is -0.710. The second-order valence-electron chi connectivity index (χ2n) is 4.32. The normalized spacial score (nSPS) is 17.4. The van der Waals surface area contributed by atoms with Gasteiger partial charge in [-0.05, 0) is 47.0 Å². The van der Waals surface area contributed by atoms with Crippen molar-refractivity contribution >= 4 is 21.6 Å². The zero-order valence-corrected chi connectivity index (χ0v) is 10.7. The molecular weight excluding hydrogens is 295 g/mol. The molecule has 17 heavy (non-hydrogen) atoms. The zero-order chi connectivity index (χ0) is 12.5. The van der Waals surface area contributed by atoms with Crippen LogP contribution in [0.4, 0.5) is 18.9 Å². The van der Waals surface area contributed by atoms with Crippen LogP contribution in [0.1, 0.15) is 31.2 Å². The van der Waals surface area contributed by atoms with Crippen LogP contribution < -0.4 is 5.32 Å². The van der Waals surface area contributed by atoms with E-state index in [1.54, 1.807) is 0 Å². The van der Waals surface area contributed by atoms with Crippen molar-refractivity contribution in [1.29, 1.82) is 0 Å². The maximum Gasteiger partial charge on any atom is 0.416 e. The third-order valence-electron chi connectivity index (χ3n) is 3.01. The van der Waals surface area contributed by atoms with Crippen LogP contribution in [0.3, 0.4) is 0 Å². The Balaban J connectivity index is 2.20. The minimum absolute atomic E-state index is 0.301. The zero-order valence-electron chi connectivity index (χ0n) is 9.15. The summed E-state index contributed by atoms with van der Waals surface area (Å²) < 4.78 is 38.4. The molecule has 0 aliphatic heterocycles. The summed E-state index contributed by atoms with van der Waals surface area (Å²) in [6.07, 6.45) is 0.0701. The van der Waals surface area contributed by atoms with Gasteiger partial charge < -0.3 is 5.32 Å². The quantitative estimate of drug-likeness (QED) is 0.826. The standard InChI is InChI=1S/C12H13BrF3N/c13-10-6-5-8(12(14,15)16)7-11(10)17-9-3-1-2-4-9/h5-7,9,17H,1-4H2. The van der Waals surface area contributed by atoms with Crippen LogP contribution in [0, 0.1) is 0 Å². The molecule has 1 aromatic rings. The Morgan fingerprint density at radius 1 is 1.18 bits per heavy atom. The van der Waals surface area contributed by atoms with Gasteiger partial charge in [0.25, 0.3) is 0 Å². The SMILES string of the molecule is FC(F)(F)c1ccc(Br)c(NC2CCCC2)c1. The molecular formula is C12H13BrF3N. The number of hydrogen-bond acceptors (Lipinski definition) is 1. The average Bonchev–Trinajstić information content (AvgIpc) is 2.72. The van der Waals surface area contributed by atoms with E-state index in [-0.39, 0.29) is 0 Å². The Morgan fingerprint density at radius 3 is 2.41 bits per heavy atom. The molecule has 1 fully saturated rings. The first-order valence-corrected chi connectivity index (χ1v) is 6.39. The molecule has 0 radical (unpaired) electrons. The number of alkyl halides is 3. The first-order chi connectivity index (χ1) is 7.97. The number of halogens is 4. The maximum atomic E-state index is 12.6. The molecule has 1 nitrogen and oxygen atoms in total. The van der Waals surface area contributed by atoms with Gasteiger partial charge in [-0.2, -0.15) is 13.2 Å². The number of benzene rings is 1. The van der Waals surface area contributed by atoms with Crippen molar-refractivity contribution in [1.82, 2.24) is 0 Å². The first kappa shape index (κ1) is 12.7. The molecule has 0 spiro atoms. The van der Waals surface area contributed by atoms with E-state index in [4.69, 9.17) is 0 Å². The minimum atomic E-state index is -4.28. The molecule has 0 bridgehead atoms. The van der Waals surface area contributed by atoms with E-state index in [1.165, 1.54) is 12.1 Å². The lowest BCUT2D eigenvalue weighted by atomic mass is 10.1. The van der Waals surface area contributed by atoms with E-state index in [9.17, 15) is 13.2 Å². The molecule has 94 valence electrons. The van der Waals surface area contributed by atoms with E-state index >= 15 is 0 Å². The third-order valence-corrected chi connectivity index (χ3v) is 3.70. The second kappa shape index (κ2) is 4.88. The Labute approximate surface area is 107 Å². The number of hydrogen-bond donors (Lipinski definition) is 1. The van der Waals surface area contributed by atoms with Crippen LogP contribution in [-0.4, -0.2) is 6.04 Å². The molecule has 5 heteroatoms. The molecule has 1 aliphatic rings. The lowest BCUT2D eigenvalue weighted by Crippen LogP contribution is -2.15. The van der Waals surface area contributed by atoms with Gasteiger partial charge in [0.15, 0.2) is 0 Å². The summed E-state index contributed by atoms with van der Waals surface area (Å²) in [6.45, 7) is 0. The van der Waals surface area contributed by atoms with E-state index in [0.29, 0.717) is 16.2 Å². The summed E-state index contributed by atoms with van der Waals surface area (Å²) >= 11 is 3.27. The second-order valence-corrected chi connectivity index (χ2v) is 5.17. The molecule has 0 atom stereocenters. The Bertz CT molecular complexity index is 397.